The van der Waals surface area contributed by atoms with Gasteiger partial charge in [-0.3, -0.25) is 4.79 Å². The lowest BCUT2D eigenvalue weighted by atomic mass is 10.1. The van der Waals surface area contributed by atoms with Crippen molar-refractivity contribution in [2.75, 3.05) is 44.9 Å². The molecule has 7 heteroatoms. The number of ether oxygens (including phenoxy) is 3. The van der Waals surface area contributed by atoms with Crippen LogP contribution in [0.1, 0.15) is 29.8 Å². The number of hydrogen-bond donors (Lipinski definition) is 1. The van der Waals surface area contributed by atoms with Crippen LogP contribution in [0.5, 0.6) is 11.5 Å². The molecule has 0 bridgehead atoms. The Hall–Kier alpha value is -2.44. The maximum absolute atomic E-state index is 12.6. The molecule has 0 atom stereocenters. The number of morpholine rings is 1. The van der Waals surface area contributed by atoms with Gasteiger partial charge in [0.05, 0.1) is 32.0 Å². The monoisotopic (exact) mass is 432 g/mol. The molecule has 1 saturated heterocycles. The van der Waals surface area contributed by atoms with Gasteiger partial charge in [-0.2, -0.15) is 0 Å². The lowest BCUT2D eigenvalue weighted by Crippen LogP contribution is -2.36. The van der Waals surface area contributed by atoms with Crippen LogP contribution >= 0.6 is 11.6 Å². The fourth-order valence-electron chi connectivity index (χ4n) is 3.17. The maximum Gasteiger partial charge on any atom is 0.251 e. The highest BCUT2D eigenvalue weighted by atomic mass is 35.5. The van der Waals surface area contributed by atoms with E-state index in [2.05, 4.69) is 36.2 Å². The number of carbonyl (C=O) groups is 1. The zero-order valence-corrected chi connectivity index (χ0v) is 18.5. The van der Waals surface area contributed by atoms with Crippen LogP contribution in [0, 0.1) is 5.92 Å². The summed E-state index contributed by atoms with van der Waals surface area (Å²) in [6, 6.07) is 11.5. The van der Waals surface area contributed by atoms with E-state index in [9.17, 15) is 4.79 Å². The quantitative estimate of drug-likeness (QED) is 0.679. The Morgan fingerprint density at radius 1 is 1.20 bits per heavy atom. The number of nitrogens with zero attached hydrogens (tertiary/aromatic N) is 1. The Morgan fingerprint density at radius 3 is 2.53 bits per heavy atom. The summed E-state index contributed by atoms with van der Waals surface area (Å²) in [5.41, 5.74) is 2.62. The zero-order valence-electron chi connectivity index (χ0n) is 17.7. The first-order valence-corrected chi connectivity index (χ1v) is 10.6. The summed E-state index contributed by atoms with van der Waals surface area (Å²) >= 11 is 6.35. The number of methoxy groups -OCH3 is 1. The van der Waals surface area contributed by atoms with E-state index in [1.54, 1.807) is 12.1 Å². The molecule has 1 N–H and O–H groups in total. The molecule has 162 valence electrons. The summed E-state index contributed by atoms with van der Waals surface area (Å²) in [5.74, 6) is 1.04. The van der Waals surface area contributed by atoms with Gasteiger partial charge in [-0.1, -0.05) is 37.6 Å². The van der Waals surface area contributed by atoms with E-state index in [0.717, 1.165) is 31.9 Å². The van der Waals surface area contributed by atoms with E-state index in [4.69, 9.17) is 25.8 Å². The van der Waals surface area contributed by atoms with Crippen LogP contribution in [0.25, 0.3) is 0 Å². The standard InChI is InChI=1S/C23H29ClN2O4/c1-16(2)15-30-22-20(24)12-18(13-21(22)28-3)23(27)25-14-17-4-6-19(7-5-17)26-8-10-29-11-9-26/h4-7,12-13,16H,8-11,14-15H2,1-3H3,(H,25,27). The molecule has 2 aromatic carbocycles. The highest BCUT2D eigenvalue weighted by Crippen LogP contribution is 2.36. The molecule has 0 aliphatic carbocycles. The predicted molar refractivity (Wildman–Crippen MR) is 119 cm³/mol. The van der Waals surface area contributed by atoms with Gasteiger partial charge in [0.1, 0.15) is 0 Å². The van der Waals surface area contributed by atoms with Crippen molar-refractivity contribution >= 4 is 23.2 Å². The summed E-state index contributed by atoms with van der Waals surface area (Å²) in [6.45, 7) is 8.35. The van der Waals surface area contributed by atoms with Gasteiger partial charge in [0.2, 0.25) is 0 Å². The van der Waals surface area contributed by atoms with Crippen molar-refractivity contribution in [3.63, 3.8) is 0 Å². The molecule has 0 aromatic heterocycles. The van der Waals surface area contributed by atoms with Gasteiger partial charge in [-0.25, -0.2) is 0 Å². The van der Waals surface area contributed by atoms with Gasteiger partial charge >= 0.3 is 0 Å². The van der Waals surface area contributed by atoms with Crippen LogP contribution < -0.4 is 19.7 Å². The third kappa shape index (κ3) is 5.80. The summed E-state index contributed by atoms with van der Waals surface area (Å²) < 4.78 is 16.5. The molecule has 1 heterocycles. The average Bonchev–Trinajstić information content (AvgIpc) is 2.77. The van der Waals surface area contributed by atoms with Crippen molar-refractivity contribution in [2.45, 2.75) is 20.4 Å². The second-order valence-electron chi connectivity index (χ2n) is 7.64. The van der Waals surface area contributed by atoms with E-state index in [0.29, 0.717) is 41.2 Å². The predicted octanol–water partition coefficient (Wildman–Crippen LogP) is 4.15. The fraction of sp³-hybridized carbons (Fsp3) is 0.435. The van der Waals surface area contributed by atoms with Crippen molar-refractivity contribution in [3.8, 4) is 11.5 Å². The minimum Gasteiger partial charge on any atom is -0.493 e. The second kappa shape index (κ2) is 10.5. The number of benzene rings is 2. The minimum absolute atomic E-state index is 0.220. The van der Waals surface area contributed by atoms with Crippen molar-refractivity contribution in [2.24, 2.45) is 5.92 Å². The van der Waals surface area contributed by atoms with Crippen LogP contribution in [0.2, 0.25) is 5.02 Å². The van der Waals surface area contributed by atoms with Crippen molar-refractivity contribution in [3.05, 3.63) is 52.5 Å². The topological polar surface area (TPSA) is 60.0 Å². The van der Waals surface area contributed by atoms with E-state index in [-0.39, 0.29) is 5.91 Å². The number of halogens is 1. The summed E-state index contributed by atoms with van der Waals surface area (Å²) in [5, 5.41) is 3.29. The van der Waals surface area contributed by atoms with Crippen molar-refractivity contribution in [1.82, 2.24) is 5.32 Å². The summed E-state index contributed by atoms with van der Waals surface area (Å²) in [6.07, 6.45) is 0. The summed E-state index contributed by atoms with van der Waals surface area (Å²) in [4.78, 5) is 14.9. The highest BCUT2D eigenvalue weighted by Gasteiger charge is 2.16. The van der Waals surface area contributed by atoms with Gasteiger partial charge in [0.15, 0.2) is 11.5 Å². The summed E-state index contributed by atoms with van der Waals surface area (Å²) in [7, 11) is 1.53. The molecule has 1 amide bonds. The molecule has 0 unspecified atom stereocenters. The SMILES string of the molecule is COc1cc(C(=O)NCc2ccc(N3CCOCC3)cc2)cc(Cl)c1OCC(C)C. The molecule has 1 aliphatic rings. The molecular formula is C23H29ClN2O4. The first kappa shape index (κ1) is 22.2. The van der Waals surface area contributed by atoms with Crippen molar-refractivity contribution < 1.29 is 19.0 Å². The Labute approximate surface area is 183 Å². The second-order valence-corrected chi connectivity index (χ2v) is 8.05. The first-order valence-electron chi connectivity index (χ1n) is 10.2. The molecular weight excluding hydrogens is 404 g/mol. The largest absolute Gasteiger partial charge is 0.493 e. The Morgan fingerprint density at radius 2 is 1.90 bits per heavy atom. The van der Waals surface area contributed by atoms with E-state index in [1.165, 1.54) is 12.8 Å². The van der Waals surface area contributed by atoms with Crippen LogP contribution in [-0.4, -0.2) is 45.9 Å². The third-order valence-electron chi connectivity index (χ3n) is 4.82. The lowest BCUT2D eigenvalue weighted by molar-refractivity contribution is 0.0950. The Balaban J connectivity index is 1.62. The number of nitrogens with one attached hydrogen (secondary N) is 1. The molecule has 0 spiro atoms. The third-order valence-corrected chi connectivity index (χ3v) is 5.10. The molecule has 1 fully saturated rings. The molecule has 3 rings (SSSR count). The normalized spacial score (nSPS) is 14.0. The molecule has 0 saturated carbocycles. The number of amides is 1. The molecule has 1 aliphatic heterocycles. The molecule has 6 nitrogen and oxygen atoms in total. The number of anilines is 1. The van der Waals surface area contributed by atoms with Crippen molar-refractivity contribution in [1.29, 1.82) is 0 Å². The number of carbonyl (C=O) groups excluding carboxylic acids is 1. The van der Waals surface area contributed by atoms with Gasteiger partial charge in [-0.05, 0) is 35.7 Å². The van der Waals surface area contributed by atoms with Gasteiger partial charge in [0.25, 0.3) is 5.91 Å². The van der Waals surface area contributed by atoms with Crippen LogP contribution in [0.15, 0.2) is 36.4 Å². The van der Waals surface area contributed by atoms with Crippen LogP contribution in [-0.2, 0) is 11.3 Å². The molecule has 30 heavy (non-hydrogen) atoms. The van der Waals surface area contributed by atoms with Crippen LogP contribution in [0.3, 0.4) is 0 Å². The van der Waals surface area contributed by atoms with Gasteiger partial charge in [-0.15, -0.1) is 0 Å². The lowest BCUT2D eigenvalue weighted by Gasteiger charge is -2.28. The highest BCUT2D eigenvalue weighted by molar-refractivity contribution is 6.32. The van der Waals surface area contributed by atoms with E-state index < -0.39 is 0 Å². The fourth-order valence-corrected chi connectivity index (χ4v) is 3.44. The Bertz CT molecular complexity index is 849. The van der Waals surface area contributed by atoms with Gasteiger partial charge < -0.3 is 24.4 Å². The molecule has 2 aromatic rings. The zero-order chi connectivity index (χ0) is 21.5. The number of rotatable bonds is 8. The van der Waals surface area contributed by atoms with Gasteiger partial charge in [0, 0.05) is 30.9 Å². The minimum atomic E-state index is -0.220. The number of hydrogen-bond acceptors (Lipinski definition) is 5. The van der Waals surface area contributed by atoms with E-state index in [1.807, 2.05) is 12.1 Å². The van der Waals surface area contributed by atoms with Crippen LogP contribution in [0.4, 0.5) is 5.69 Å². The van der Waals surface area contributed by atoms with E-state index >= 15 is 0 Å². The average molecular weight is 433 g/mol. The molecule has 0 radical (unpaired) electrons. The Kier molecular flexibility index (Phi) is 7.82. The maximum atomic E-state index is 12.6. The first-order chi connectivity index (χ1) is 14.5. The smallest absolute Gasteiger partial charge is 0.251 e.